The predicted molar refractivity (Wildman–Crippen MR) is 116 cm³/mol. The largest absolute Gasteiger partial charge is 0.393 e. The fraction of sp³-hybridized carbons (Fsp3) is 1.00. The van der Waals surface area contributed by atoms with E-state index in [-0.39, 0.29) is 0 Å². The summed E-state index contributed by atoms with van der Waals surface area (Å²) in [5, 5.41) is -14.4. The zero-order chi connectivity index (χ0) is 47.3. The van der Waals surface area contributed by atoms with Crippen molar-refractivity contribution in [1.29, 1.82) is 0 Å². The van der Waals surface area contributed by atoms with Gasteiger partial charge in [0.1, 0.15) is 13.2 Å². The fourth-order valence-corrected chi connectivity index (χ4v) is 3.82. The monoisotopic (exact) mass is 996 g/mol. The highest BCUT2D eigenvalue weighted by Gasteiger charge is 2.96. The first kappa shape index (κ1) is 55.5. The van der Waals surface area contributed by atoms with Crippen LogP contribution in [0.3, 0.4) is 0 Å². The molecule has 2 N–H and O–H groups in total. The van der Waals surface area contributed by atoms with Crippen LogP contribution in [0, 0.1) is 0 Å². The van der Waals surface area contributed by atoms with Crippen molar-refractivity contribution in [1.82, 2.24) is 0 Å². The van der Waals surface area contributed by atoms with E-state index in [4.69, 9.17) is 9.11 Å². The first-order valence-corrected chi connectivity index (χ1v) is 14.1. The lowest BCUT2D eigenvalue weighted by atomic mass is 9.89. The van der Waals surface area contributed by atoms with Gasteiger partial charge in [0.15, 0.2) is 0 Å². The van der Waals surface area contributed by atoms with Gasteiger partial charge in [-0.25, -0.2) is 0 Å². The van der Waals surface area contributed by atoms with Crippen molar-refractivity contribution in [3.05, 3.63) is 0 Å². The molecular weight excluding hydrogens is 991 g/mol. The number of rotatable bonds is 20. The first-order chi connectivity index (χ1) is 23.9. The van der Waals surface area contributed by atoms with E-state index >= 15 is 0 Å². The van der Waals surface area contributed by atoms with Crippen LogP contribution in [-0.4, -0.2) is 116 Å². The van der Waals surface area contributed by atoms with Crippen LogP contribution in [-0.2, 0) is 8.37 Å². The normalized spacial score (nSPS) is 17.3. The number of halogens is 34. The maximum Gasteiger partial charge on any atom is 0.393 e. The topological polar surface area (TPSA) is 58.9 Å². The van der Waals surface area contributed by atoms with Crippen LogP contribution in [0.15, 0.2) is 0 Å². The molecule has 0 aliphatic carbocycles. The molecule has 0 spiro atoms. The molecule has 0 heterocycles. The van der Waals surface area contributed by atoms with Gasteiger partial charge in [0, 0.05) is 0 Å². The standard InChI is InChI=1S/C18H6Cl2F32O4S/c19-17(49,50)15(45,46)13(41,42)11(37,38)9(33,34)7(29,30)5(25,26)3(21,22)1-55-57(53,54)56-2-4(23,24)6(27,28)8(31,32)10(35,36)12(39,40)14(43,44)16(47,48)18(20,51)52/h53-54H,1-2H2. The molecule has 0 amide bonds. The molecule has 0 radical (unpaired) electrons. The molecule has 57 heavy (non-hydrogen) atoms. The van der Waals surface area contributed by atoms with Gasteiger partial charge in [-0.15, -0.1) is 0 Å². The lowest BCUT2D eigenvalue weighted by Gasteiger charge is -2.43. The molecule has 0 aliphatic rings. The molecule has 39 heteroatoms. The molecule has 0 saturated carbocycles. The summed E-state index contributed by atoms with van der Waals surface area (Å²) >= 11 is -0.685. The van der Waals surface area contributed by atoms with Crippen LogP contribution in [0.2, 0.25) is 0 Å². The second-order valence-electron chi connectivity index (χ2n) is 10.3. The third-order valence-corrected chi connectivity index (χ3v) is 7.69. The zero-order valence-corrected chi connectivity index (χ0v) is 26.7. The molecule has 0 fully saturated rings. The second kappa shape index (κ2) is 14.3. The molecule has 0 aromatic heterocycles. The third kappa shape index (κ3) is 7.84. The van der Waals surface area contributed by atoms with Gasteiger partial charge in [-0.3, -0.25) is 17.5 Å². The Labute approximate surface area is 300 Å². The van der Waals surface area contributed by atoms with Gasteiger partial charge in [-0.1, -0.05) is 0 Å². The van der Waals surface area contributed by atoms with Crippen molar-refractivity contribution in [2.45, 2.75) is 93.7 Å². The highest BCUT2D eigenvalue weighted by molar-refractivity contribution is 8.16. The van der Waals surface area contributed by atoms with E-state index in [2.05, 4.69) is 31.6 Å². The predicted octanol–water partition coefficient (Wildman–Crippen LogP) is 12.2. The maximum atomic E-state index is 13.8. The molecule has 0 aromatic carbocycles. The van der Waals surface area contributed by atoms with Crippen molar-refractivity contribution < 1.29 is 158 Å². The summed E-state index contributed by atoms with van der Waals surface area (Å²) in [6, 6.07) is 0. The Morgan fingerprint density at radius 3 is 0.579 bits per heavy atom. The molecular formula is C18H6Cl2F32O4S. The van der Waals surface area contributed by atoms with E-state index in [0.717, 1.165) is 0 Å². The lowest BCUT2D eigenvalue weighted by molar-refractivity contribution is -0.450. The van der Waals surface area contributed by atoms with E-state index in [1.165, 1.54) is 0 Å². The summed E-state index contributed by atoms with van der Waals surface area (Å²) in [6.45, 7) is -8.99. The summed E-state index contributed by atoms with van der Waals surface area (Å²) in [4.78, 5) is 0. The zero-order valence-electron chi connectivity index (χ0n) is 24.4. The Morgan fingerprint density at radius 2 is 0.421 bits per heavy atom. The Hall–Kier alpha value is -1.47. The van der Waals surface area contributed by atoms with Gasteiger partial charge < -0.3 is 0 Å². The molecule has 0 atom stereocenters. The summed E-state index contributed by atoms with van der Waals surface area (Å²) < 4.78 is 453. The van der Waals surface area contributed by atoms with Crippen molar-refractivity contribution in [2.24, 2.45) is 0 Å². The van der Waals surface area contributed by atoms with Crippen molar-refractivity contribution in [2.75, 3.05) is 13.2 Å². The average molecular weight is 997 g/mol. The summed E-state index contributed by atoms with van der Waals surface area (Å²) in [5.41, 5.74) is 0. The van der Waals surface area contributed by atoms with Gasteiger partial charge in [-0.2, -0.15) is 140 Å². The molecule has 346 valence electrons. The van der Waals surface area contributed by atoms with Gasteiger partial charge >= 0.3 is 93.7 Å². The van der Waals surface area contributed by atoms with E-state index in [0.29, 0.717) is 0 Å². The van der Waals surface area contributed by atoms with Gasteiger partial charge in [0.25, 0.3) is 0 Å². The number of hydrogen-bond acceptors (Lipinski definition) is 4. The van der Waals surface area contributed by atoms with E-state index < -0.39 is 118 Å². The van der Waals surface area contributed by atoms with Crippen molar-refractivity contribution in [3.8, 4) is 0 Å². The van der Waals surface area contributed by atoms with Crippen LogP contribution in [0.4, 0.5) is 140 Å². The Balaban J connectivity index is 6.66. The van der Waals surface area contributed by atoms with Crippen LogP contribution < -0.4 is 0 Å². The Morgan fingerprint density at radius 1 is 0.281 bits per heavy atom. The first-order valence-electron chi connectivity index (χ1n) is 11.9. The molecule has 0 unspecified atom stereocenters. The molecule has 0 rings (SSSR count). The van der Waals surface area contributed by atoms with Gasteiger partial charge in [0.2, 0.25) is 11.2 Å². The summed E-state index contributed by atoms with van der Waals surface area (Å²) in [5.74, 6) is -121. The smallest absolute Gasteiger partial charge is 0.287 e. The molecule has 0 aliphatic heterocycles. The van der Waals surface area contributed by atoms with Crippen molar-refractivity contribution in [3.63, 3.8) is 0 Å². The van der Waals surface area contributed by atoms with Crippen LogP contribution in [0.5, 0.6) is 0 Å². The lowest BCUT2D eigenvalue weighted by Crippen LogP contribution is -2.74. The summed E-state index contributed by atoms with van der Waals surface area (Å²) in [6.07, 6.45) is 0. The molecule has 0 saturated heterocycles. The number of alkyl halides is 34. The molecule has 0 aromatic rings. The molecule has 4 nitrogen and oxygen atoms in total. The van der Waals surface area contributed by atoms with Crippen LogP contribution in [0.1, 0.15) is 0 Å². The van der Waals surface area contributed by atoms with Crippen LogP contribution in [0.25, 0.3) is 0 Å². The summed E-state index contributed by atoms with van der Waals surface area (Å²) in [7, 11) is 0. The quantitative estimate of drug-likeness (QED) is 0.0943. The minimum absolute atomic E-state index is 2.46. The Kier molecular flexibility index (Phi) is 13.9. The average Bonchev–Trinajstić information content (AvgIpc) is 2.96. The van der Waals surface area contributed by atoms with Gasteiger partial charge in [-0.05, 0) is 23.2 Å². The minimum atomic E-state index is -9.16. The van der Waals surface area contributed by atoms with E-state index in [1.807, 2.05) is 0 Å². The number of hydrogen-bond donors (Lipinski definition) is 2. The van der Waals surface area contributed by atoms with Crippen LogP contribution >= 0.6 is 34.4 Å². The Bertz CT molecular complexity index is 1330. The van der Waals surface area contributed by atoms with Crippen molar-refractivity contribution >= 4 is 34.4 Å². The highest BCUT2D eigenvalue weighted by Crippen LogP contribution is 2.66. The van der Waals surface area contributed by atoms with E-state index in [1.54, 1.807) is 0 Å². The maximum absolute atomic E-state index is 13.8. The van der Waals surface area contributed by atoms with Gasteiger partial charge in [0.05, 0.1) is 0 Å². The third-order valence-electron chi connectivity index (χ3n) is 6.36. The minimum Gasteiger partial charge on any atom is -0.287 e. The highest BCUT2D eigenvalue weighted by atomic mass is 35.5. The van der Waals surface area contributed by atoms with E-state index in [9.17, 15) is 140 Å². The fourth-order valence-electron chi connectivity index (χ4n) is 2.91. The molecule has 0 bridgehead atoms. The SMILES string of the molecule is OS(O)(OCC(F)(F)C(F)(F)C(F)(F)C(F)(F)C(F)(F)C(F)(F)C(F)(F)C(F)(F)Cl)OCC(F)(F)C(F)(F)C(F)(F)C(F)(F)C(F)(F)C(F)(F)C(F)(F)C(F)(F)Cl. The second-order valence-corrected chi connectivity index (χ2v) is 12.6.